The van der Waals surface area contributed by atoms with Crippen LogP contribution in [-0.2, 0) is 13.0 Å². The van der Waals surface area contributed by atoms with Gasteiger partial charge >= 0.3 is 5.97 Å². The third kappa shape index (κ3) is 3.11. The first-order valence-corrected chi connectivity index (χ1v) is 10.2. The van der Waals surface area contributed by atoms with Gasteiger partial charge in [-0.1, -0.05) is 6.07 Å². The first-order chi connectivity index (χ1) is 14.0. The normalized spacial score (nSPS) is 12.4. The summed E-state index contributed by atoms with van der Waals surface area (Å²) in [6.07, 6.45) is 1.24. The molecule has 0 saturated heterocycles. The number of thiophene rings is 1. The van der Waals surface area contributed by atoms with Gasteiger partial charge in [-0.05, 0) is 49.4 Å². The second-order valence-corrected chi connectivity index (χ2v) is 8.06. The Morgan fingerprint density at radius 3 is 2.69 bits per heavy atom. The largest absolute Gasteiger partial charge is 0.493 e. The van der Waals surface area contributed by atoms with Crippen LogP contribution in [0.15, 0.2) is 29.6 Å². The molecule has 3 heterocycles. The van der Waals surface area contributed by atoms with Crippen LogP contribution in [0.2, 0.25) is 0 Å². The average molecular weight is 411 g/mol. The number of aryl methyl sites for hydroxylation is 1. The van der Waals surface area contributed by atoms with Crippen LogP contribution in [0.3, 0.4) is 0 Å². The molecule has 1 N–H and O–H groups in total. The van der Waals surface area contributed by atoms with Crippen molar-refractivity contribution < 1.29 is 24.2 Å². The van der Waals surface area contributed by atoms with Gasteiger partial charge in [-0.2, -0.15) is 0 Å². The number of hydrogen-bond acceptors (Lipinski definition) is 5. The summed E-state index contributed by atoms with van der Waals surface area (Å²) in [5, 5.41) is 11.8. The van der Waals surface area contributed by atoms with Crippen molar-refractivity contribution >= 4 is 23.6 Å². The van der Waals surface area contributed by atoms with Gasteiger partial charge in [-0.15, -0.1) is 11.3 Å². The molecular formula is C22H21NO5S. The molecule has 4 rings (SSSR count). The summed E-state index contributed by atoms with van der Waals surface area (Å²) < 4.78 is 13.2. The number of carboxylic acid groups (broad SMARTS) is 1. The molecule has 1 aliphatic rings. The Hall–Kier alpha value is -3.06. The summed E-state index contributed by atoms with van der Waals surface area (Å²) >= 11 is 1.48. The molecule has 0 bridgehead atoms. The molecule has 0 aliphatic carbocycles. The number of aldehydes is 1. The number of carboxylic acids is 1. The quantitative estimate of drug-likeness (QED) is 0.593. The second-order valence-electron chi connectivity index (χ2n) is 7.11. The lowest BCUT2D eigenvalue weighted by molar-refractivity contribution is 0.0682. The maximum absolute atomic E-state index is 12.0. The maximum atomic E-state index is 12.0. The van der Waals surface area contributed by atoms with Gasteiger partial charge in [-0.25, -0.2) is 4.79 Å². The molecule has 7 heteroatoms. The number of aromatic carboxylic acids is 1. The maximum Gasteiger partial charge on any atom is 0.353 e. The van der Waals surface area contributed by atoms with Gasteiger partial charge in [0.05, 0.1) is 24.5 Å². The molecule has 1 aliphatic heterocycles. The minimum atomic E-state index is -1.10. The Balaban J connectivity index is 2.06. The zero-order chi connectivity index (χ0) is 20.7. The van der Waals surface area contributed by atoms with Crippen molar-refractivity contribution in [2.75, 3.05) is 7.11 Å². The van der Waals surface area contributed by atoms with Gasteiger partial charge < -0.3 is 19.1 Å². The molecule has 0 amide bonds. The third-order valence-electron chi connectivity index (χ3n) is 5.00. The molecule has 1 aromatic carbocycles. The fourth-order valence-corrected chi connectivity index (χ4v) is 4.71. The van der Waals surface area contributed by atoms with E-state index >= 15 is 0 Å². The standard InChI is InChI=1S/C22H21NO5S/c1-12(2)28-17-10-14-13(9-16(17)27-3)6-7-23-20(14)19(18-5-4-8-29-18)15(11-24)21(23)22(25)26/h4-5,8-12H,6-7H2,1-3H3,(H,25,26). The fourth-order valence-electron chi connectivity index (χ4n) is 3.92. The van der Waals surface area contributed by atoms with Crippen LogP contribution in [0.1, 0.15) is 40.3 Å². The van der Waals surface area contributed by atoms with Crippen LogP contribution in [0.25, 0.3) is 21.7 Å². The van der Waals surface area contributed by atoms with E-state index in [1.807, 2.05) is 43.5 Å². The van der Waals surface area contributed by atoms with E-state index in [1.165, 1.54) is 11.3 Å². The Kier molecular flexibility index (Phi) is 4.92. The molecule has 2 aromatic heterocycles. The Bertz CT molecular complexity index is 1100. The van der Waals surface area contributed by atoms with E-state index in [2.05, 4.69) is 0 Å². The lowest BCUT2D eigenvalue weighted by atomic mass is 9.94. The van der Waals surface area contributed by atoms with Gasteiger partial charge in [0.15, 0.2) is 17.8 Å². The molecule has 0 atom stereocenters. The molecule has 0 radical (unpaired) electrons. The molecule has 6 nitrogen and oxygen atoms in total. The molecule has 150 valence electrons. The van der Waals surface area contributed by atoms with Crippen LogP contribution in [-0.4, -0.2) is 35.1 Å². The van der Waals surface area contributed by atoms with Crippen molar-refractivity contribution in [1.29, 1.82) is 0 Å². The molecule has 0 unspecified atom stereocenters. The van der Waals surface area contributed by atoms with E-state index in [1.54, 1.807) is 11.7 Å². The van der Waals surface area contributed by atoms with Crippen LogP contribution in [0.4, 0.5) is 0 Å². The van der Waals surface area contributed by atoms with E-state index in [9.17, 15) is 14.7 Å². The van der Waals surface area contributed by atoms with Crippen LogP contribution in [0.5, 0.6) is 11.5 Å². The monoisotopic (exact) mass is 411 g/mol. The summed E-state index contributed by atoms with van der Waals surface area (Å²) in [5.41, 5.74) is 3.55. The fraction of sp³-hybridized carbons (Fsp3) is 0.273. The Labute approximate surface area is 172 Å². The number of carbonyl (C=O) groups is 2. The molecular weight excluding hydrogens is 390 g/mol. The third-order valence-corrected chi connectivity index (χ3v) is 5.89. The lowest BCUT2D eigenvalue weighted by Gasteiger charge is -2.24. The summed E-state index contributed by atoms with van der Waals surface area (Å²) in [7, 11) is 1.60. The van der Waals surface area contributed by atoms with Gasteiger partial charge in [0, 0.05) is 22.5 Å². The smallest absolute Gasteiger partial charge is 0.353 e. The van der Waals surface area contributed by atoms with E-state index in [4.69, 9.17) is 9.47 Å². The number of rotatable bonds is 6. The lowest BCUT2D eigenvalue weighted by Crippen LogP contribution is -2.17. The number of carbonyl (C=O) groups excluding carboxylic acids is 1. The van der Waals surface area contributed by atoms with Gasteiger partial charge in [-0.3, -0.25) is 4.79 Å². The first-order valence-electron chi connectivity index (χ1n) is 9.33. The summed E-state index contributed by atoms with van der Waals surface area (Å²) in [6.45, 7) is 4.35. The van der Waals surface area contributed by atoms with Crippen LogP contribution >= 0.6 is 11.3 Å². The van der Waals surface area contributed by atoms with Crippen molar-refractivity contribution in [2.45, 2.75) is 32.9 Å². The highest BCUT2D eigenvalue weighted by Gasteiger charge is 2.32. The van der Waals surface area contributed by atoms with Crippen molar-refractivity contribution in [3.05, 3.63) is 46.5 Å². The van der Waals surface area contributed by atoms with Gasteiger partial charge in [0.2, 0.25) is 0 Å². The van der Waals surface area contributed by atoms with Crippen molar-refractivity contribution in [1.82, 2.24) is 4.57 Å². The number of fused-ring (bicyclic) bond motifs is 3. The topological polar surface area (TPSA) is 77.8 Å². The predicted molar refractivity (Wildman–Crippen MR) is 112 cm³/mol. The highest BCUT2D eigenvalue weighted by Crippen LogP contribution is 2.46. The van der Waals surface area contributed by atoms with Crippen LogP contribution < -0.4 is 9.47 Å². The highest BCUT2D eigenvalue weighted by atomic mass is 32.1. The van der Waals surface area contributed by atoms with Crippen molar-refractivity contribution in [2.24, 2.45) is 0 Å². The first kappa shape index (κ1) is 19.3. The summed E-state index contributed by atoms with van der Waals surface area (Å²) in [5.74, 6) is 0.133. The molecule has 3 aromatic rings. The van der Waals surface area contributed by atoms with E-state index < -0.39 is 5.97 Å². The minimum Gasteiger partial charge on any atom is -0.493 e. The predicted octanol–water partition coefficient (Wildman–Crippen LogP) is 4.75. The average Bonchev–Trinajstić information content (AvgIpc) is 3.31. The molecule has 29 heavy (non-hydrogen) atoms. The SMILES string of the molecule is COc1cc2c(cc1OC(C)C)-c1c(-c3cccs3)c(C=O)c(C(=O)O)n1CC2. The zero-order valence-corrected chi connectivity index (χ0v) is 17.2. The number of methoxy groups -OCH3 is 1. The molecule has 0 saturated carbocycles. The number of aromatic nitrogens is 1. The molecule has 0 fully saturated rings. The summed E-state index contributed by atoms with van der Waals surface area (Å²) in [6, 6.07) is 7.65. The van der Waals surface area contributed by atoms with Crippen molar-refractivity contribution in [3.8, 4) is 33.2 Å². The van der Waals surface area contributed by atoms with E-state index in [0.29, 0.717) is 36.3 Å². The van der Waals surface area contributed by atoms with E-state index in [-0.39, 0.29) is 17.4 Å². The highest BCUT2D eigenvalue weighted by molar-refractivity contribution is 7.13. The van der Waals surface area contributed by atoms with E-state index in [0.717, 1.165) is 21.7 Å². The second kappa shape index (κ2) is 7.40. The number of benzene rings is 1. The number of ether oxygens (including phenoxy) is 2. The van der Waals surface area contributed by atoms with Crippen molar-refractivity contribution in [3.63, 3.8) is 0 Å². The Morgan fingerprint density at radius 2 is 2.10 bits per heavy atom. The minimum absolute atomic E-state index is 0.0335. The number of hydrogen-bond donors (Lipinski definition) is 1. The number of nitrogens with zero attached hydrogens (tertiary/aromatic N) is 1. The Morgan fingerprint density at radius 1 is 1.31 bits per heavy atom. The van der Waals surface area contributed by atoms with Gasteiger partial charge in [0.1, 0.15) is 5.69 Å². The zero-order valence-electron chi connectivity index (χ0n) is 16.4. The van der Waals surface area contributed by atoms with Gasteiger partial charge in [0.25, 0.3) is 0 Å². The molecule has 0 spiro atoms. The summed E-state index contributed by atoms with van der Waals surface area (Å²) in [4.78, 5) is 24.9. The van der Waals surface area contributed by atoms with Crippen LogP contribution in [0, 0.1) is 0 Å².